The van der Waals surface area contributed by atoms with E-state index in [0.717, 1.165) is 0 Å². The Labute approximate surface area is 235 Å². The quantitative estimate of drug-likeness (QED) is 0.0792. The van der Waals surface area contributed by atoms with Gasteiger partial charge in [-0.15, -0.1) is 0 Å². The van der Waals surface area contributed by atoms with Gasteiger partial charge < -0.3 is 106 Å². The Hall–Kier alpha value is -1.66. The van der Waals surface area contributed by atoms with E-state index in [1.165, 1.54) is 0 Å². The van der Waals surface area contributed by atoms with Crippen LogP contribution in [-0.4, -0.2) is 188 Å². The van der Waals surface area contributed by atoms with Crippen molar-refractivity contribution in [3.63, 3.8) is 0 Å². The van der Waals surface area contributed by atoms with Crippen LogP contribution in [0.1, 0.15) is 0 Å². The van der Waals surface area contributed by atoms with Gasteiger partial charge in [-0.25, -0.2) is 0 Å². The molecule has 1 radical (unpaired) electrons. The summed E-state index contributed by atoms with van der Waals surface area (Å²) in [6.07, 6.45) is -24.2. The molecule has 237 valence electrons. The Balaban J connectivity index is -0.000000240. The number of hydrogen-bond donors (Lipinski definition) is 15. The first kappa shape index (κ1) is 45.3. The van der Waals surface area contributed by atoms with E-state index in [2.05, 4.69) is 0 Å². The Bertz CT molecular complexity index is 608. The normalized spacial score (nSPS) is 19.9. The smallest absolute Gasteiger partial charge is 0.547 e. The fourth-order valence-electron chi connectivity index (χ4n) is 1.99. The molecule has 0 unspecified atom stereocenters. The minimum atomic E-state index is -2.31. The van der Waals surface area contributed by atoms with Gasteiger partial charge in [-0.2, -0.15) is 0 Å². The van der Waals surface area contributed by atoms with Gasteiger partial charge in [0.1, 0.15) is 73.2 Å². The van der Waals surface area contributed by atoms with Gasteiger partial charge in [0.05, 0.1) is 37.7 Å². The zero-order valence-electron chi connectivity index (χ0n) is 20.1. The first-order valence-electron chi connectivity index (χ1n) is 10.4. The number of hydrogen-bond acceptors (Lipinski definition) is 21. The summed E-state index contributed by atoms with van der Waals surface area (Å²) in [7, 11) is 0. The first-order valence-corrected chi connectivity index (χ1v) is 10.4. The number of carboxylic acids is 3. The molecule has 0 saturated heterocycles. The second kappa shape index (κ2) is 23.0. The largest absolute Gasteiger partial charge is 3.00 e. The minimum absolute atomic E-state index is 0. The number of aliphatic hydroxyl groups excluding tert-OH is 15. The van der Waals surface area contributed by atoms with Crippen molar-refractivity contribution in [3.05, 3.63) is 0 Å². The van der Waals surface area contributed by atoms with Crippen LogP contribution in [0.4, 0.5) is 0 Å². The number of aliphatic hydroxyl groups is 15. The molecular formula is C18H33CrO21. The van der Waals surface area contributed by atoms with Gasteiger partial charge in [0.2, 0.25) is 0 Å². The summed E-state index contributed by atoms with van der Waals surface area (Å²) >= 11 is 0. The molecule has 22 heteroatoms. The first-order chi connectivity index (χ1) is 17.7. The summed E-state index contributed by atoms with van der Waals surface area (Å²) in [6, 6.07) is 0. The molecule has 21 nitrogen and oxygen atoms in total. The van der Waals surface area contributed by atoms with Crippen molar-refractivity contribution >= 4 is 17.9 Å². The van der Waals surface area contributed by atoms with Crippen molar-refractivity contribution in [3.8, 4) is 0 Å². The molecule has 0 amide bonds. The SMILES string of the molecule is O=C([O-])[C@H](O)[C@@H](O)[C@H](O)[C@H](O)CO.O=C([O-])[C@H](O)[C@@H](O)[C@H](O)[C@H](O)CO.O=C([O-])[C@H](O)[C@@H](O)[C@H](O)[C@H](O)CO.[Cr+3]. The van der Waals surface area contributed by atoms with Crippen LogP contribution in [0.15, 0.2) is 0 Å². The topological polar surface area (TPSA) is 424 Å². The van der Waals surface area contributed by atoms with Gasteiger partial charge >= 0.3 is 17.4 Å². The van der Waals surface area contributed by atoms with E-state index in [4.69, 9.17) is 76.6 Å². The van der Waals surface area contributed by atoms with Crippen LogP contribution in [0.3, 0.4) is 0 Å². The van der Waals surface area contributed by atoms with Gasteiger partial charge in [-0.1, -0.05) is 0 Å². The van der Waals surface area contributed by atoms with E-state index < -0.39 is 111 Å². The molecule has 0 aliphatic heterocycles. The summed E-state index contributed by atoms with van der Waals surface area (Å²) in [5.74, 6) is -5.93. The molecule has 0 aromatic carbocycles. The summed E-state index contributed by atoms with van der Waals surface area (Å²) < 4.78 is 0. The van der Waals surface area contributed by atoms with Gasteiger partial charge in [0, 0.05) is 0 Å². The van der Waals surface area contributed by atoms with Crippen LogP contribution in [0.5, 0.6) is 0 Å². The molecule has 0 aliphatic rings. The number of carboxylic acid groups (broad SMARTS) is 3. The standard InChI is InChI=1S/3C6H12O7.Cr/c3*7-1-2(8)3(9)4(10)5(11)6(12)13;/h3*2-5,7-11H,1H2,(H,12,13);/q;;;+3/p-3/t3*2-,3-,4+,5-;/m111./s1. The Kier molecular flexibility index (Phi) is 26.0. The van der Waals surface area contributed by atoms with Crippen molar-refractivity contribution in [1.82, 2.24) is 0 Å². The van der Waals surface area contributed by atoms with Crippen LogP contribution in [-0.2, 0) is 31.7 Å². The van der Waals surface area contributed by atoms with Crippen LogP contribution in [0.2, 0.25) is 0 Å². The molecular weight excluding hydrogens is 604 g/mol. The maximum absolute atomic E-state index is 9.98. The molecule has 12 atom stereocenters. The Morgan fingerprint density at radius 2 is 0.550 bits per heavy atom. The zero-order valence-corrected chi connectivity index (χ0v) is 21.4. The second-order valence-corrected chi connectivity index (χ2v) is 7.48. The number of aliphatic carboxylic acids is 3. The van der Waals surface area contributed by atoms with Gasteiger partial charge in [0.15, 0.2) is 0 Å². The average molecular weight is 637 g/mol. The second-order valence-electron chi connectivity index (χ2n) is 7.48. The maximum atomic E-state index is 9.98. The monoisotopic (exact) mass is 637 g/mol. The fourth-order valence-corrected chi connectivity index (χ4v) is 1.99. The number of rotatable bonds is 15. The van der Waals surface area contributed by atoms with Crippen LogP contribution >= 0.6 is 0 Å². The van der Waals surface area contributed by atoms with Crippen molar-refractivity contribution in [1.29, 1.82) is 0 Å². The third-order valence-electron chi connectivity index (χ3n) is 4.49. The van der Waals surface area contributed by atoms with E-state index in [9.17, 15) is 29.7 Å². The molecule has 0 heterocycles. The van der Waals surface area contributed by atoms with Crippen molar-refractivity contribution in [2.45, 2.75) is 73.2 Å². The molecule has 15 N–H and O–H groups in total. The molecule has 0 fully saturated rings. The molecule has 0 saturated carbocycles. The third-order valence-corrected chi connectivity index (χ3v) is 4.49. The van der Waals surface area contributed by atoms with E-state index in [-0.39, 0.29) is 17.4 Å². The predicted octanol–water partition coefficient (Wildman–Crippen LogP) is -14.5. The summed E-state index contributed by atoms with van der Waals surface area (Å²) in [4.78, 5) is 29.9. The number of carbonyl (C=O) groups excluding carboxylic acids is 3. The van der Waals surface area contributed by atoms with Gasteiger partial charge in [0.25, 0.3) is 0 Å². The summed E-state index contributed by atoms with van der Waals surface area (Å²) in [5.41, 5.74) is 0. The van der Waals surface area contributed by atoms with Crippen LogP contribution in [0.25, 0.3) is 0 Å². The van der Waals surface area contributed by atoms with Crippen molar-refractivity contribution < 1.29 is 124 Å². The minimum Gasteiger partial charge on any atom is -0.547 e. The fraction of sp³-hybridized carbons (Fsp3) is 0.833. The van der Waals surface area contributed by atoms with E-state index >= 15 is 0 Å². The molecule has 40 heavy (non-hydrogen) atoms. The maximum Gasteiger partial charge on any atom is 3.00 e. The average Bonchev–Trinajstić information content (AvgIpc) is 2.92. The van der Waals surface area contributed by atoms with Crippen LogP contribution < -0.4 is 15.3 Å². The van der Waals surface area contributed by atoms with E-state index in [0.29, 0.717) is 0 Å². The van der Waals surface area contributed by atoms with Crippen molar-refractivity contribution in [2.75, 3.05) is 19.8 Å². The van der Waals surface area contributed by atoms with Gasteiger partial charge in [-0.05, 0) is 0 Å². The van der Waals surface area contributed by atoms with Crippen LogP contribution in [0, 0.1) is 0 Å². The number of carbonyl (C=O) groups is 3. The molecule has 0 bridgehead atoms. The predicted molar refractivity (Wildman–Crippen MR) is 108 cm³/mol. The molecule has 0 aliphatic carbocycles. The third kappa shape index (κ3) is 16.6. The molecule has 0 rings (SSSR count). The summed E-state index contributed by atoms with van der Waals surface area (Å²) in [6.45, 7) is -2.59. The Morgan fingerprint density at radius 1 is 0.400 bits per heavy atom. The zero-order chi connectivity index (χ0) is 31.8. The summed E-state index contributed by atoms with van der Waals surface area (Å²) in [5, 5.41) is 160. The van der Waals surface area contributed by atoms with E-state index in [1.807, 2.05) is 0 Å². The van der Waals surface area contributed by atoms with Gasteiger partial charge in [-0.3, -0.25) is 0 Å². The van der Waals surface area contributed by atoms with E-state index in [1.54, 1.807) is 0 Å². The van der Waals surface area contributed by atoms with Crippen molar-refractivity contribution in [2.24, 2.45) is 0 Å². The Morgan fingerprint density at radius 3 is 0.650 bits per heavy atom. The molecule has 0 aromatic heterocycles. The molecule has 0 aromatic rings. The molecule has 0 spiro atoms.